The molecule has 1 saturated carbocycles. The van der Waals surface area contributed by atoms with Gasteiger partial charge in [-0.25, -0.2) is 0 Å². The van der Waals surface area contributed by atoms with Crippen molar-refractivity contribution in [3.05, 3.63) is 41.0 Å². The molecule has 10 heteroatoms. The predicted octanol–water partition coefficient (Wildman–Crippen LogP) is 5.20. The molecule has 4 nitrogen and oxygen atoms in total. The number of carbonyl (C=O) groups excluding carboxylic acids is 2. The van der Waals surface area contributed by atoms with E-state index in [1.165, 1.54) is 0 Å². The van der Waals surface area contributed by atoms with Crippen molar-refractivity contribution < 1.29 is 35.9 Å². The lowest BCUT2D eigenvalue weighted by molar-refractivity contribution is -0.143. The number of halogens is 6. The first-order valence-corrected chi connectivity index (χ1v) is 9.59. The molecule has 0 spiro atoms. The highest BCUT2D eigenvalue weighted by Crippen LogP contribution is 2.39. The van der Waals surface area contributed by atoms with Crippen molar-refractivity contribution >= 4 is 17.4 Å². The number of hydrogen-bond donors (Lipinski definition) is 2. The molecule has 1 aliphatic rings. The number of allylic oxidation sites excluding steroid dienone is 2. The minimum atomic E-state index is -4.98. The summed E-state index contributed by atoms with van der Waals surface area (Å²) in [5, 5.41) is 5.07. The Morgan fingerprint density at radius 1 is 1.00 bits per heavy atom. The standard InChI is InChI=1S/C21H24F6N2O2/c1-19(2,11-28-3)17(30)6-12-4-13(5-12)7-18(31)29-16-9-14(20(22,23)24)8-15(10-16)21(25,26)27/h6,8-10,13,28H,4-5,7,11H2,1-3H3,(H,29,31). The van der Waals surface area contributed by atoms with Crippen LogP contribution in [-0.2, 0) is 21.9 Å². The van der Waals surface area contributed by atoms with Crippen LogP contribution in [0.15, 0.2) is 29.8 Å². The molecule has 2 N–H and O–H groups in total. The average Bonchev–Trinajstić information content (AvgIpc) is 2.57. The van der Waals surface area contributed by atoms with Crippen molar-refractivity contribution in [3.63, 3.8) is 0 Å². The van der Waals surface area contributed by atoms with Gasteiger partial charge in [0.05, 0.1) is 11.1 Å². The van der Waals surface area contributed by atoms with Crippen LogP contribution in [-0.4, -0.2) is 25.3 Å². The second-order valence-corrected chi connectivity index (χ2v) is 8.40. The van der Waals surface area contributed by atoms with Crippen LogP contribution in [0.5, 0.6) is 0 Å². The van der Waals surface area contributed by atoms with E-state index in [4.69, 9.17) is 0 Å². The maximum Gasteiger partial charge on any atom is 0.416 e. The van der Waals surface area contributed by atoms with Crippen molar-refractivity contribution in [2.75, 3.05) is 18.9 Å². The summed E-state index contributed by atoms with van der Waals surface area (Å²) in [6.45, 7) is 4.10. The monoisotopic (exact) mass is 450 g/mol. The number of alkyl halides is 6. The van der Waals surface area contributed by atoms with E-state index < -0.39 is 40.5 Å². The number of rotatable bonds is 7. The molecular formula is C21H24F6N2O2. The van der Waals surface area contributed by atoms with Crippen LogP contribution >= 0.6 is 0 Å². The fraction of sp³-hybridized carbons (Fsp3) is 0.524. The Bertz CT molecular complexity index is 831. The third kappa shape index (κ3) is 6.81. The minimum absolute atomic E-state index is 0.00518. The molecule has 1 amide bonds. The third-order valence-electron chi connectivity index (χ3n) is 5.07. The highest BCUT2D eigenvalue weighted by molar-refractivity contribution is 5.95. The smallest absolute Gasteiger partial charge is 0.326 e. The van der Waals surface area contributed by atoms with Gasteiger partial charge in [0.1, 0.15) is 0 Å². The molecule has 1 aromatic rings. The molecular weight excluding hydrogens is 426 g/mol. The summed E-state index contributed by atoms with van der Waals surface area (Å²) in [6, 6.07) is 0.953. The van der Waals surface area contributed by atoms with Crippen molar-refractivity contribution in [2.45, 2.75) is 45.5 Å². The molecule has 0 aliphatic heterocycles. The first kappa shape index (κ1) is 24.9. The molecule has 0 saturated heterocycles. The van der Waals surface area contributed by atoms with E-state index in [-0.39, 0.29) is 24.2 Å². The first-order chi connectivity index (χ1) is 14.1. The zero-order valence-electron chi connectivity index (χ0n) is 17.3. The number of ketones is 1. The van der Waals surface area contributed by atoms with Gasteiger partial charge in [0.2, 0.25) is 5.91 Å². The maximum absolute atomic E-state index is 12.9. The Labute approximate surface area is 176 Å². The van der Waals surface area contributed by atoms with Crippen LogP contribution in [0.2, 0.25) is 0 Å². The van der Waals surface area contributed by atoms with E-state index in [1.807, 2.05) is 0 Å². The Morgan fingerprint density at radius 2 is 1.52 bits per heavy atom. The van der Waals surface area contributed by atoms with Gasteiger partial charge in [-0.15, -0.1) is 0 Å². The topological polar surface area (TPSA) is 58.2 Å². The summed E-state index contributed by atoms with van der Waals surface area (Å²) >= 11 is 0. The van der Waals surface area contributed by atoms with Gasteiger partial charge < -0.3 is 10.6 Å². The van der Waals surface area contributed by atoms with Crippen molar-refractivity contribution in [2.24, 2.45) is 11.3 Å². The second-order valence-electron chi connectivity index (χ2n) is 8.40. The summed E-state index contributed by atoms with van der Waals surface area (Å²) in [6.07, 6.45) is -7.53. The van der Waals surface area contributed by atoms with Crippen LogP contribution in [0.1, 0.15) is 44.2 Å². The second kappa shape index (κ2) is 9.02. The van der Waals surface area contributed by atoms with E-state index in [2.05, 4.69) is 10.6 Å². The van der Waals surface area contributed by atoms with Gasteiger partial charge in [-0.05, 0) is 50.1 Å². The SMILES string of the molecule is CNCC(C)(C)C(=O)C=C1CC(CC(=O)Nc2cc(C(F)(F)F)cc(C(F)(F)F)c2)C1. The maximum atomic E-state index is 12.9. The van der Waals surface area contributed by atoms with E-state index >= 15 is 0 Å². The largest absolute Gasteiger partial charge is 0.416 e. The third-order valence-corrected chi connectivity index (χ3v) is 5.07. The molecule has 0 aromatic heterocycles. The lowest BCUT2D eigenvalue weighted by atomic mass is 9.75. The first-order valence-electron chi connectivity index (χ1n) is 9.59. The lowest BCUT2D eigenvalue weighted by Crippen LogP contribution is -2.34. The number of hydrogen-bond acceptors (Lipinski definition) is 3. The molecule has 0 bridgehead atoms. The lowest BCUT2D eigenvalue weighted by Gasteiger charge is -2.30. The van der Waals surface area contributed by atoms with Gasteiger partial charge in [0, 0.05) is 24.1 Å². The fourth-order valence-corrected chi connectivity index (χ4v) is 3.36. The number of anilines is 1. The molecule has 0 radical (unpaired) electrons. The van der Waals surface area contributed by atoms with Crippen molar-refractivity contribution in [1.29, 1.82) is 0 Å². The minimum Gasteiger partial charge on any atom is -0.326 e. The van der Waals surface area contributed by atoms with E-state index in [0.29, 0.717) is 31.5 Å². The van der Waals surface area contributed by atoms with Gasteiger partial charge in [-0.1, -0.05) is 19.4 Å². The van der Waals surface area contributed by atoms with Crippen LogP contribution in [0, 0.1) is 11.3 Å². The summed E-state index contributed by atoms with van der Waals surface area (Å²) < 4.78 is 77.5. The molecule has 0 heterocycles. The summed E-state index contributed by atoms with van der Waals surface area (Å²) in [4.78, 5) is 24.4. The highest BCUT2D eigenvalue weighted by atomic mass is 19.4. The quantitative estimate of drug-likeness (QED) is 0.443. The Kier molecular flexibility index (Phi) is 7.24. The zero-order valence-corrected chi connectivity index (χ0v) is 17.3. The van der Waals surface area contributed by atoms with Crippen LogP contribution < -0.4 is 10.6 Å². The van der Waals surface area contributed by atoms with Crippen LogP contribution in [0.4, 0.5) is 32.0 Å². The zero-order chi connectivity index (χ0) is 23.6. The van der Waals surface area contributed by atoms with Crippen molar-refractivity contribution in [1.82, 2.24) is 5.32 Å². The molecule has 1 aromatic carbocycles. The molecule has 1 fully saturated rings. The molecule has 31 heavy (non-hydrogen) atoms. The summed E-state index contributed by atoms with van der Waals surface area (Å²) in [5.74, 6) is -0.860. The van der Waals surface area contributed by atoms with Crippen LogP contribution in [0.25, 0.3) is 0 Å². The predicted molar refractivity (Wildman–Crippen MR) is 103 cm³/mol. The van der Waals surface area contributed by atoms with E-state index in [1.54, 1.807) is 27.0 Å². The van der Waals surface area contributed by atoms with Gasteiger partial charge in [-0.3, -0.25) is 9.59 Å². The normalized spacial score (nSPS) is 17.2. The van der Waals surface area contributed by atoms with Crippen LogP contribution in [0.3, 0.4) is 0 Å². The van der Waals surface area contributed by atoms with E-state index in [9.17, 15) is 35.9 Å². The Balaban J connectivity index is 2.00. The highest BCUT2D eigenvalue weighted by Gasteiger charge is 2.37. The van der Waals surface area contributed by atoms with Gasteiger partial charge in [-0.2, -0.15) is 26.3 Å². The Morgan fingerprint density at radius 3 is 1.97 bits per heavy atom. The number of carbonyl (C=O) groups is 2. The Hall–Kier alpha value is -2.36. The molecule has 1 aliphatic carbocycles. The molecule has 2 rings (SSSR count). The number of benzene rings is 1. The number of nitrogens with one attached hydrogen (secondary N) is 2. The fourth-order valence-electron chi connectivity index (χ4n) is 3.36. The molecule has 0 unspecified atom stereocenters. The summed E-state index contributed by atoms with van der Waals surface area (Å²) in [7, 11) is 1.74. The number of amides is 1. The van der Waals surface area contributed by atoms with Gasteiger partial charge in [0.15, 0.2) is 5.78 Å². The molecule has 172 valence electrons. The molecule has 0 atom stereocenters. The van der Waals surface area contributed by atoms with E-state index in [0.717, 1.165) is 5.57 Å². The summed E-state index contributed by atoms with van der Waals surface area (Å²) in [5.41, 5.74) is -3.26. The van der Waals surface area contributed by atoms with Crippen molar-refractivity contribution in [3.8, 4) is 0 Å². The average molecular weight is 450 g/mol. The van der Waals surface area contributed by atoms with Gasteiger partial charge in [0.25, 0.3) is 0 Å². The van der Waals surface area contributed by atoms with Gasteiger partial charge >= 0.3 is 12.4 Å².